The third-order valence-electron chi connectivity index (χ3n) is 5.65. The highest BCUT2D eigenvalue weighted by Gasteiger charge is 2.20. The monoisotopic (exact) mass is 365 g/mol. The molecule has 1 aliphatic heterocycles. The topological polar surface area (TPSA) is 71.8 Å². The molecule has 6 heteroatoms. The van der Waals surface area contributed by atoms with Gasteiger partial charge in [0.1, 0.15) is 6.33 Å². The number of nitrogens with zero attached hydrogens (tertiary/aromatic N) is 3. The lowest BCUT2D eigenvalue weighted by Crippen LogP contribution is -2.26. The summed E-state index contributed by atoms with van der Waals surface area (Å²) in [5.41, 5.74) is 4.77. The first-order chi connectivity index (χ1) is 13.2. The van der Waals surface area contributed by atoms with E-state index in [9.17, 15) is 4.79 Å². The average molecular weight is 365 g/mol. The molecule has 0 atom stereocenters. The molecule has 1 saturated heterocycles. The van der Waals surface area contributed by atoms with E-state index in [4.69, 9.17) is 0 Å². The number of carbonyl (C=O) groups excluding carboxylic acids is 1. The van der Waals surface area contributed by atoms with Gasteiger partial charge in [-0.3, -0.25) is 4.79 Å². The molecule has 0 radical (unpaired) electrons. The quantitative estimate of drug-likeness (QED) is 0.870. The Bertz CT molecular complexity index is 848. The number of nitrogens with one attached hydrogen (secondary N) is 2. The fraction of sp³-hybridized carbons (Fsp3) is 0.476. The van der Waals surface area contributed by atoms with Gasteiger partial charge in [-0.2, -0.15) is 0 Å². The predicted octanol–water partition coefficient (Wildman–Crippen LogP) is 3.49. The largest absolute Gasteiger partial charge is 0.319 e. The smallest absolute Gasteiger partial charge is 0.293 e. The van der Waals surface area contributed by atoms with Gasteiger partial charge in [-0.15, -0.1) is 10.2 Å². The Morgan fingerprint density at radius 3 is 2.81 bits per heavy atom. The maximum atomic E-state index is 12.7. The van der Waals surface area contributed by atoms with E-state index in [0.717, 1.165) is 31.6 Å². The van der Waals surface area contributed by atoms with Crippen LogP contribution in [0.3, 0.4) is 0 Å². The number of anilines is 1. The zero-order valence-corrected chi connectivity index (χ0v) is 15.9. The van der Waals surface area contributed by atoms with Crippen molar-refractivity contribution in [1.82, 2.24) is 20.1 Å². The summed E-state index contributed by atoms with van der Waals surface area (Å²) in [6.45, 7) is 2.15. The lowest BCUT2D eigenvalue weighted by atomic mass is 9.86. The van der Waals surface area contributed by atoms with Crippen LogP contribution in [0.25, 0.3) is 5.57 Å². The highest BCUT2D eigenvalue weighted by atomic mass is 16.2. The number of piperidine rings is 1. The predicted molar refractivity (Wildman–Crippen MR) is 107 cm³/mol. The lowest BCUT2D eigenvalue weighted by Gasteiger charge is -2.25. The number of hydrogen-bond acceptors (Lipinski definition) is 4. The Labute approximate surface area is 160 Å². The summed E-state index contributed by atoms with van der Waals surface area (Å²) in [5.74, 6) is 0.695. The van der Waals surface area contributed by atoms with Gasteiger partial charge in [-0.05, 0) is 80.8 Å². The number of hydrogen-bond donors (Lipinski definition) is 2. The SMILES string of the molecule is Cn1cnnc1C(=O)Nc1ccc(C2CCNCC2)cc1C1=CCCCC1. The van der Waals surface area contributed by atoms with E-state index in [2.05, 4.69) is 45.1 Å². The number of amides is 1. The van der Waals surface area contributed by atoms with Gasteiger partial charge in [0.2, 0.25) is 5.82 Å². The number of allylic oxidation sites excluding steroid dienone is 2. The Kier molecular flexibility index (Phi) is 5.34. The van der Waals surface area contributed by atoms with Gasteiger partial charge < -0.3 is 15.2 Å². The second-order valence-corrected chi connectivity index (χ2v) is 7.52. The van der Waals surface area contributed by atoms with Crippen LogP contribution >= 0.6 is 0 Å². The van der Waals surface area contributed by atoms with Crippen LogP contribution in [0.1, 0.15) is 66.2 Å². The van der Waals surface area contributed by atoms with Crippen LogP contribution in [-0.4, -0.2) is 33.8 Å². The minimum atomic E-state index is -0.220. The molecule has 4 rings (SSSR count). The van der Waals surface area contributed by atoms with E-state index in [0.29, 0.717) is 11.7 Å². The minimum Gasteiger partial charge on any atom is -0.319 e. The molecule has 1 amide bonds. The van der Waals surface area contributed by atoms with Crippen LogP contribution in [-0.2, 0) is 7.05 Å². The number of aromatic nitrogens is 3. The first-order valence-corrected chi connectivity index (χ1v) is 9.92. The van der Waals surface area contributed by atoms with Gasteiger partial charge in [0.15, 0.2) is 0 Å². The second-order valence-electron chi connectivity index (χ2n) is 7.52. The third-order valence-corrected chi connectivity index (χ3v) is 5.65. The van der Waals surface area contributed by atoms with Crippen molar-refractivity contribution >= 4 is 17.2 Å². The molecule has 6 nitrogen and oxygen atoms in total. The number of rotatable bonds is 4. The number of benzene rings is 1. The van der Waals surface area contributed by atoms with E-state index in [1.807, 2.05) is 0 Å². The van der Waals surface area contributed by atoms with Gasteiger partial charge in [-0.1, -0.05) is 12.1 Å². The van der Waals surface area contributed by atoms with Crippen LogP contribution in [0, 0.1) is 0 Å². The summed E-state index contributed by atoms with van der Waals surface area (Å²) in [4.78, 5) is 12.7. The standard InChI is InChI=1S/C21H27N5O/c1-26-14-23-25-20(26)21(27)24-19-8-7-17(15-9-11-22-12-10-15)13-18(19)16-5-3-2-4-6-16/h5,7-8,13-15,22H,2-4,6,9-12H2,1H3,(H,24,27). The molecule has 0 bridgehead atoms. The summed E-state index contributed by atoms with van der Waals surface area (Å²) >= 11 is 0. The fourth-order valence-corrected chi connectivity index (χ4v) is 4.10. The van der Waals surface area contributed by atoms with Crippen LogP contribution < -0.4 is 10.6 Å². The zero-order chi connectivity index (χ0) is 18.6. The van der Waals surface area contributed by atoms with Crippen molar-refractivity contribution in [3.05, 3.63) is 47.6 Å². The van der Waals surface area contributed by atoms with Crippen molar-refractivity contribution in [1.29, 1.82) is 0 Å². The molecule has 2 heterocycles. The van der Waals surface area contributed by atoms with Crippen molar-refractivity contribution in [2.75, 3.05) is 18.4 Å². The maximum absolute atomic E-state index is 12.7. The van der Waals surface area contributed by atoms with Crippen molar-refractivity contribution in [2.45, 2.75) is 44.4 Å². The molecule has 0 spiro atoms. The molecule has 1 aliphatic carbocycles. The average Bonchev–Trinajstić information content (AvgIpc) is 3.16. The van der Waals surface area contributed by atoms with Gasteiger partial charge in [0.25, 0.3) is 5.91 Å². The lowest BCUT2D eigenvalue weighted by molar-refractivity contribution is 0.101. The summed E-state index contributed by atoms with van der Waals surface area (Å²) in [6.07, 6.45) is 10.9. The summed E-state index contributed by atoms with van der Waals surface area (Å²) in [7, 11) is 1.78. The summed E-state index contributed by atoms with van der Waals surface area (Å²) < 4.78 is 1.64. The summed E-state index contributed by atoms with van der Waals surface area (Å²) in [6, 6.07) is 6.55. The van der Waals surface area contributed by atoms with Crippen molar-refractivity contribution in [3.63, 3.8) is 0 Å². The van der Waals surface area contributed by atoms with E-state index < -0.39 is 0 Å². The number of carbonyl (C=O) groups is 1. The molecule has 2 N–H and O–H groups in total. The molecule has 0 saturated carbocycles. The fourth-order valence-electron chi connectivity index (χ4n) is 4.10. The second kappa shape index (κ2) is 8.05. The third kappa shape index (κ3) is 3.95. The van der Waals surface area contributed by atoms with Crippen LogP contribution in [0.5, 0.6) is 0 Å². The molecular weight excluding hydrogens is 338 g/mol. The minimum absolute atomic E-state index is 0.220. The Morgan fingerprint density at radius 1 is 1.26 bits per heavy atom. The van der Waals surface area contributed by atoms with Crippen LogP contribution in [0.15, 0.2) is 30.6 Å². The first-order valence-electron chi connectivity index (χ1n) is 9.92. The maximum Gasteiger partial charge on any atom is 0.293 e. The van der Waals surface area contributed by atoms with E-state index >= 15 is 0 Å². The van der Waals surface area contributed by atoms with E-state index in [1.54, 1.807) is 17.9 Å². The Morgan fingerprint density at radius 2 is 2.11 bits per heavy atom. The summed E-state index contributed by atoms with van der Waals surface area (Å²) in [5, 5.41) is 14.2. The highest BCUT2D eigenvalue weighted by molar-refractivity contribution is 6.03. The molecule has 2 aliphatic rings. The Balaban J connectivity index is 1.66. The molecule has 0 unspecified atom stereocenters. The van der Waals surface area contributed by atoms with Gasteiger partial charge in [0, 0.05) is 18.3 Å². The molecule has 1 aromatic heterocycles. The van der Waals surface area contributed by atoms with Crippen molar-refractivity contribution in [2.24, 2.45) is 7.05 Å². The van der Waals surface area contributed by atoms with E-state index in [1.165, 1.54) is 42.4 Å². The first kappa shape index (κ1) is 17.9. The molecule has 1 aromatic carbocycles. The Hall–Kier alpha value is -2.47. The van der Waals surface area contributed by atoms with Gasteiger partial charge in [0.05, 0.1) is 0 Å². The number of aryl methyl sites for hydroxylation is 1. The van der Waals surface area contributed by atoms with Gasteiger partial charge >= 0.3 is 0 Å². The molecule has 1 fully saturated rings. The highest BCUT2D eigenvalue weighted by Crippen LogP contribution is 2.35. The molecule has 2 aromatic rings. The van der Waals surface area contributed by atoms with Crippen molar-refractivity contribution in [3.8, 4) is 0 Å². The van der Waals surface area contributed by atoms with Gasteiger partial charge in [-0.25, -0.2) is 0 Å². The van der Waals surface area contributed by atoms with Crippen LogP contribution in [0.2, 0.25) is 0 Å². The molecule has 27 heavy (non-hydrogen) atoms. The normalized spacial score (nSPS) is 18.2. The molecular formula is C21H27N5O. The zero-order valence-electron chi connectivity index (χ0n) is 15.9. The van der Waals surface area contributed by atoms with Crippen molar-refractivity contribution < 1.29 is 4.79 Å². The molecule has 142 valence electrons. The van der Waals surface area contributed by atoms with Crippen LogP contribution in [0.4, 0.5) is 5.69 Å². The van der Waals surface area contributed by atoms with E-state index in [-0.39, 0.29) is 5.91 Å².